The van der Waals surface area contributed by atoms with Crippen molar-refractivity contribution in [2.45, 2.75) is 39.0 Å². The second kappa shape index (κ2) is 5.09. The molecule has 1 atom stereocenters. The highest BCUT2D eigenvalue weighted by molar-refractivity contribution is 6.18. The fourth-order valence-electron chi connectivity index (χ4n) is 1.71. The van der Waals surface area contributed by atoms with Crippen molar-refractivity contribution in [2.24, 2.45) is 0 Å². The van der Waals surface area contributed by atoms with Gasteiger partial charge in [-0.2, -0.15) is 0 Å². The van der Waals surface area contributed by atoms with Crippen molar-refractivity contribution in [1.82, 2.24) is 0 Å². The minimum absolute atomic E-state index is 0.0907. The van der Waals surface area contributed by atoms with Crippen molar-refractivity contribution in [1.29, 1.82) is 0 Å². The van der Waals surface area contributed by atoms with Gasteiger partial charge < -0.3 is 4.74 Å². The van der Waals surface area contributed by atoms with Crippen molar-refractivity contribution < 1.29 is 4.74 Å². The van der Waals surface area contributed by atoms with Crippen molar-refractivity contribution in [3.63, 3.8) is 0 Å². The summed E-state index contributed by atoms with van der Waals surface area (Å²) in [6, 6.07) is 6.35. The van der Waals surface area contributed by atoms with Crippen LogP contribution >= 0.6 is 11.6 Å². The molecule has 0 aromatic heterocycles. The highest BCUT2D eigenvalue weighted by Crippen LogP contribution is 2.33. The molecule has 1 aromatic rings. The molecular formula is C14H21ClO. The fourth-order valence-corrected chi connectivity index (χ4v) is 1.89. The van der Waals surface area contributed by atoms with Crippen LogP contribution in [0.4, 0.5) is 0 Å². The molecule has 1 rings (SSSR count). The highest BCUT2D eigenvalue weighted by atomic mass is 35.5. The van der Waals surface area contributed by atoms with E-state index in [-0.39, 0.29) is 5.41 Å². The third-order valence-corrected chi connectivity index (χ3v) is 3.29. The van der Waals surface area contributed by atoms with Crippen LogP contribution in [0.15, 0.2) is 18.2 Å². The summed E-state index contributed by atoms with van der Waals surface area (Å²) in [6.45, 7) is 8.72. The maximum Gasteiger partial charge on any atom is 0.122 e. The molecule has 90 valence electrons. The van der Waals surface area contributed by atoms with Crippen molar-refractivity contribution in [2.75, 3.05) is 13.0 Å². The Balaban J connectivity index is 3.22. The third kappa shape index (κ3) is 2.91. The molecule has 0 bridgehead atoms. The zero-order valence-corrected chi connectivity index (χ0v) is 11.6. The molecule has 0 aliphatic carbocycles. The molecular weight excluding hydrogens is 220 g/mol. The second-order valence-electron chi connectivity index (χ2n) is 5.27. The van der Waals surface area contributed by atoms with Crippen LogP contribution in [0.25, 0.3) is 0 Å². The van der Waals surface area contributed by atoms with Crippen LogP contribution in [0.1, 0.15) is 44.7 Å². The Morgan fingerprint density at radius 1 is 1.31 bits per heavy atom. The zero-order valence-electron chi connectivity index (χ0n) is 10.8. The van der Waals surface area contributed by atoms with Gasteiger partial charge in [0.05, 0.1) is 7.11 Å². The average Bonchev–Trinajstić information content (AvgIpc) is 2.26. The molecule has 0 aliphatic rings. The molecule has 0 heterocycles. The van der Waals surface area contributed by atoms with Gasteiger partial charge in [-0.15, -0.1) is 11.6 Å². The predicted octanol–water partition coefficient (Wildman–Crippen LogP) is 4.34. The van der Waals surface area contributed by atoms with E-state index in [0.29, 0.717) is 11.8 Å². The summed E-state index contributed by atoms with van der Waals surface area (Å²) < 4.78 is 5.41. The van der Waals surface area contributed by atoms with E-state index < -0.39 is 0 Å². The summed E-state index contributed by atoms with van der Waals surface area (Å²) in [5.41, 5.74) is 2.61. The number of methoxy groups -OCH3 is 1. The minimum Gasteiger partial charge on any atom is -0.496 e. The molecule has 0 saturated heterocycles. The van der Waals surface area contributed by atoms with Gasteiger partial charge in [0.2, 0.25) is 0 Å². The highest BCUT2D eigenvalue weighted by Gasteiger charge is 2.20. The Kier molecular flexibility index (Phi) is 4.26. The summed E-state index contributed by atoms with van der Waals surface area (Å²) in [4.78, 5) is 0. The van der Waals surface area contributed by atoms with Crippen LogP contribution in [-0.2, 0) is 5.41 Å². The molecule has 0 radical (unpaired) electrons. The van der Waals surface area contributed by atoms with Gasteiger partial charge in [-0.1, -0.05) is 39.8 Å². The lowest BCUT2D eigenvalue weighted by molar-refractivity contribution is 0.397. The van der Waals surface area contributed by atoms with E-state index in [4.69, 9.17) is 16.3 Å². The number of hydrogen-bond donors (Lipinski definition) is 0. The quantitative estimate of drug-likeness (QED) is 0.715. The van der Waals surface area contributed by atoms with Gasteiger partial charge in [-0.05, 0) is 28.5 Å². The Labute approximate surface area is 104 Å². The van der Waals surface area contributed by atoms with E-state index >= 15 is 0 Å². The molecule has 0 saturated carbocycles. The van der Waals surface area contributed by atoms with E-state index in [1.54, 1.807) is 7.11 Å². The summed E-state index contributed by atoms with van der Waals surface area (Å²) in [6.07, 6.45) is 0. The van der Waals surface area contributed by atoms with Crippen LogP contribution in [0.2, 0.25) is 0 Å². The lowest BCUT2D eigenvalue weighted by atomic mass is 9.84. The van der Waals surface area contributed by atoms with Gasteiger partial charge in [0.15, 0.2) is 0 Å². The number of ether oxygens (including phenoxy) is 1. The minimum atomic E-state index is 0.0907. The topological polar surface area (TPSA) is 9.23 Å². The summed E-state index contributed by atoms with van der Waals surface area (Å²) >= 11 is 5.90. The number of benzene rings is 1. The molecule has 1 nitrogen and oxygen atoms in total. The van der Waals surface area contributed by atoms with Crippen molar-refractivity contribution >= 4 is 11.6 Å². The van der Waals surface area contributed by atoms with Crippen LogP contribution in [0.5, 0.6) is 5.75 Å². The predicted molar refractivity (Wildman–Crippen MR) is 70.8 cm³/mol. The first-order valence-electron chi connectivity index (χ1n) is 5.64. The molecule has 0 N–H and O–H groups in total. The van der Waals surface area contributed by atoms with E-state index in [9.17, 15) is 0 Å². The molecule has 0 spiro atoms. The molecule has 0 fully saturated rings. The van der Waals surface area contributed by atoms with E-state index in [1.165, 1.54) is 11.1 Å². The normalized spacial score (nSPS) is 13.6. The van der Waals surface area contributed by atoms with Crippen molar-refractivity contribution in [3.05, 3.63) is 29.3 Å². The monoisotopic (exact) mass is 240 g/mol. The van der Waals surface area contributed by atoms with Gasteiger partial charge >= 0.3 is 0 Å². The summed E-state index contributed by atoms with van der Waals surface area (Å²) in [5, 5.41) is 0. The maximum absolute atomic E-state index is 5.90. The average molecular weight is 241 g/mol. The summed E-state index contributed by atoms with van der Waals surface area (Å²) in [5.74, 6) is 1.99. The first-order chi connectivity index (χ1) is 7.40. The number of hydrogen-bond acceptors (Lipinski definition) is 1. The zero-order chi connectivity index (χ0) is 12.3. The number of alkyl halides is 1. The number of rotatable bonds is 3. The van der Waals surface area contributed by atoms with Crippen LogP contribution in [-0.4, -0.2) is 13.0 Å². The molecule has 0 amide bonds. The molecule has 1 unspecified atom stereocenters. The molecule has 2 heteroatoms. The number of halogens is 1. The van der Waals surface area contributed by atoms with Crippen LogP contribution in [0.3, 0.4) is 0 Å². The van der Waals surface area contributed by atoms with E-state index in [1.807, 2.05) is 6.07 Å². The van der Waals surface area contributed by atoms with Gasteiger partial charge in [0.25, 0.3) is 0 Å². The largest absolute Gasteiger partial charge is 0.496 e. The third-order valence-electron chi connectivity index (χ3n) is 2.83. The molecule has 1 aromatic carbocycles. The second-order valence-corrected chi connectivity index (χ2v) is 5.57. The first kappa shape index (κ1) is 13.4. The maximum atomic E-state index is 5.90. The van der Waals surface area contributed by atoms with Crippen LogP contribution in [0, 0.1) is 0 Å². The Bertz CT molecular complexity index is 352. The first-order valence-corrected chi connectivity index (χ1v) is 6.18. The fraction of sp³-hybridized carbons (Fsp3) is 0.571. The van der Waals surface area contributed by atoms with Gasteiger partial charge in [0.1, 0.15) is 5.75 Å². The lowest BCUT2D eigenvalue weighted by Gasteiger charge is -2.23. The standard InChI is InChI=1S/C14H21ClO/c1-10(9-15)11-6-7-13(16-5)12(8-11)14(2,3)4/h6-8,10H,9H2,1-5H3. The summed E-state index contributed by atoms with van der Waals surface area (Å²) in [7, 11) is 1.72. The molecule has 16 heavy (non-hydrogen) atoms. The van der Waals surface area contributed by atoms with Crippen LogP contribution < -0.4 is 4.74 Å². The Morgan fingerprint density at radius 3 is 2.38 bits per heavy atom. The Morgan fingerprint density at radius 2 is 1.94 bits per heavy atom. The van der Waals surface area contributed by atoms with Gasteiger partial charge in [0, 0.05) is 5.88 Å². The molecule has 0 aliphatic heterocycles. The Hall–Kier alpha value is -0.690. The van der Waals surface area contributed by atoms with Crippen molar-refractivity contribution in [3.8, 4) is 5.75 Å². The van der Waals surface area contributed by atoms with Gasteiger partial charge in [-0.3, -0.25) is 0 Å². The SMILES string of the molecule is COc1ccc(C(C)CCl)cc1C(C)(C)C. The van der Waals surface area contributed by atoms with Gasteiger partial charge in [-0.25, -0.2) is 0 Å². The van der Waals surface area contributed by atoms with E-state index in [0.717, 1.165) is 5.75 Å². The smallest absolute Gasteiger partial charge is 0.122 e. The van der Waals surface area contributed by atoms with E-state index in [2.05, 4.69) is 39.8 Å². The lowest BCUT2D eigenvalue weighted by Crippen LogP contribution is -2.13.